The van der Waals surface area contributed by atoms with E-state index in [9.17, 15) is 0 Å². The van der Waals surface area contributed by atoms with Crippen molar-refractivity contribution in [3.63, 3.8) is 0 Å². The minimum atomic E-state index is 0. The number of hydrogen-bond donors (Lipinski definition) is 2. The van der Waals surface area contributed by atoms with Gasteiger partial charge in [-0.15, -0.1) is 24.8 Å². The normalized spacial score (nSPS) is 21.5. The molecule has 0 unspecified atom stereocenters. The van der Waals surface area contributed by atoms with E-state index in [0.29, 0.717) is 17.9 Å². The lowest BCUT2D eigenvalue weighted by atomic mass is 9.78. The van der Waals surface area contributed by atoms with Crippen LogP contribution in [0.2, 0.25) is 0 Å². The Morgan fingerprint density at radius 2 is 1.79 bits per heavy atom. The predicted octanol–water partition coefficient (Wildman–Crippen LogP) is 2.44. The van der Waals surface area contributed by atoms with Gasteiger partial charge in [0, 0.05) is 50.7 Å². The van der Waals surface area contributed by atoms with Crippen LogP contribution >= 0.6 is 24.8 Å². The average molecular weight is 441 g/mol. The first kappa shape index (κ1) is 23.5. The topological polar surface area (TPSA) is 93.5 Å². The second-order valence-electron chi connectivity index (χ2n) is 7.55. The van der Waals surface area contributed by atoms with Crippen molar-refractivity contribution in [1.29, 1.82) is 0 Å². The first-order chi connectivity index (χ1) is 13.1. The lowest BCUT2D eigenvalue weighted by molar-refractivity contribution is 0.249. The molecule has 2 aromatic rings. The van der Waals surface area contributed by atoms with E-state index in [2.05, 4.69) is 38.0 Å². The summed E-state index contributed by atoms with van der Waals surface area (Å²) in [6, 6.07) is 10.7. The van der Waals surface area contributed by atoms with Crippen LogP contribution in [0.5, 0.6) is 5.75 Å². The molecule has 1 saturated heterocycles. The molecule has 29 heavy (non-hydrogen) atoms. The number of nitrogen functional groups attached to an aromatic ring is 1. The monoisotopic (exact) mass is 440 g/mol. The van der Waals surface area contributed by atoms with E-state index in [1.807, 2.05) is 12.1 Å². The average Bonchev–Trinajstić information content (AvgIpc) is 2.66. The highest BCUT2D eigenvalue weighted by Gasteiger charge is 2.29. The number of nitrogens with zero attached hydrogens (tertiary/aromatic N) is 4. The third-order valence-electron chi connectivity index (χ3n) is 5.58. The van der Waals surface area contributed by atoms with Gasteiger partial charge in [-0.25, -0.2) is 4.98 Å². The summed E-state index contributed by atoms with van der Waals surface area (Å²) in [5.41, 5.74) is 14.2. The number of piperazine rings is 1. The smallest absolute Gasteiger partial charge is 0.222 e. The number of aromatic nitrogens is 2. The highest BCUT2D eigenvalue weighted by Crippen LogP contribution is 2.36. The fourth-order valence-corrected chi connectivity index (χ4v) is 3.91. The fraction of sp³-hybridized carbons (Fsp3) is 0.500. The van der Waals surface area contributed by atoms with Crippen molar-refractivity contribution < 1.29 is 4.74 Å². The lowest BCUT2D eigenvalue weighted by Crippen LogP contribution is -2.46. The van der Waals surface area contributed by atoms with Crippen LogP contribution in [-0.2, 0) is 6.54 Å². The van der Waals surface area contributed by atoms with Crippen molar-refractivity contribution in [2.75, 3.05) is 43.9 Å². The highest BCUT2D eigenvalue weighted by molar-refractivity contribution is 5.85. The summed E-state index contributed by atoms with van der Waals surface area (Å²) in [7, 11) is 1.71. The van der Waals surface area contributed by atoms with E-state index in [0.717, 1.165) is 62.8 Å². The van der Waals surface area contributed by atoms with Gasteiger partial charge in [0.25, 0.3) is 0 Å². The Morgan fingerprint density at radius 1 is 1.07 bits per heavy atom. The molecule has 1 aromatic carbocycles. The molecule has 1 aliphatic heterocycles. The van der Waals surface area contributed by atoms with Gasteiger partial charge in [0.2, 0.25) is 5.95 Å². The quantitative estimate of drug-likeness (QED) is 0.736. The maximum atomic E-state index is 5.97. The molecule has 2 aliphatic rings. The van der Waals surface area contributed by atoms with Gasteiger partial charge in [0.1, 0.15) is 11.6 Å². The van der Waals surface area contributed by atoms with Gasteiger partial charge in [-0.3, -0.25) is 4.90 Å². The number of benzene rings is 1. The Labute approximate surface area is 184 Å². The predicted molar refractivity (Wildman–Crippen MR) is 121 cm³/mol. The number of halogens is 2. The Balaban J connectivity index is 0.00000150. The van der Waals surface area contributed by atoms with Crippen molar-refractivity contribution in [3.8, 4) is 5.75 Å². The maximum absolute atomic E-state index is 5.97. The molecule has 1 saturated carbocycles. The molecule has 1 aromatic heterocycles. The summed E-state index contributed by atoms with van der Waals surface area (Å²) in [5.74, 6) is 2.64. The Kier molecular flexibility index (Phi) is 8.34. The zero-order valence-corrected chi connectivity index (χ0v) is 18.3. The summed E-state index contributed by atoms with van der Waals surface area (Å²) in [6.07, 6.45) is 1.98. The second kappa shape index (κ2) is 10.3. The van der Waals surface area contributed by atoms with Gasteiger partial charge in [0.15, 0.2) is 0 Å². The summed E-state index contributed by atoms with van der Waals surface area (Å²) < 4.78 is 5.32. The largest absolute Gasteiger partial charge is 0.497 e. The van der Waals surface area contributed by atoms with E-state index in [1.54, 1.807) is 7.11 Å². The van der Waals surface area contributed by atoms with Crippen LogP contribution in [0.4, 0.5) is 11.8 Å². The third kappa shape index (κ3) is 5.63. The molecule has 0 radical (unpaired) electrons. The van der Waals surface area contributed by atoms with E-state index in [-0.39, 0.29) is 24.8 Å². The van der Waals surface area contributed by atoms with E-state index in [1.165, 1.54) is 5.56 Å². The van der Waals surface area contributed by atoms with Gasteiger partial charge < -0.3 is 21.1 Å². The van der Waals surface area contributed by atoms with Gasteiger partial charge in [-0.2, -0.15) is 4.98 Å². The minimum absolute atomic E-state index is 0. The lowest BCUT2D eigenvalue weighted by Gasteiger charge is -2.36. The molecule has 0 bridgehead atoms. The zero-order chi connectivity index (χ0) is 18.8. The number of ether oxygens (including phenoxy) is 1. The molecule has 9 heteroatoms. The molecular weight excluding hydrogens is 411 g/mol. The van der Waals surface area contributed by atoms with E-state index >= 15 is 0 Å². The molecule has 4 N–H and O–H groups in total. The van der Waals surface area contributed by atoms with Crippen LogP contribution in [0.3, 0.4) is 0 Å². The van der Waals surface area contributed by atoms with Crippen molar-refractivity contribution in [2.45, 2.75) is 31.3 Å². The summed E-state index contributed by atoms with van der Waals surface area (Å²) in [6.45, 7) is 4.78. The molecule has 2 fully saturated rings. The second-order valence-corrected chi connectivity index (χ2v) is 7.55. The molecule has 2 heterocycles. The van der Waals surface area contributed by atoms with Crippen LogP contribution in [0.25, 0.3) is 0 Å². The highest BCUT2D eigenvalue weighted by atomic mass is 35.5. The van der Waals surface area contributed by atoms with Gasteiger partial charge in [-0.1, -0.05) is 12.1 Å². The van der Waals surface area contributed by atoms with E-state index in [4.69, 9.17) is 16.2 Å². The summed E-state index contributed by atoms with van der Waals surface area (Å²) in [4.78, 5) is 13.7. The third-order valence-corrected chi connectivity index (χ3v) is 5.58. The number of nitrogens with two attached hydrogens (primary N) is 2. The fourth-order valence-electron chi connectivity index (χ4n) is 3.91. The van der Waals surface area contributed by atoms with Crippen molar-refractivity contribution in [3.05, 3.63) is 41.6 Å². The molecule has 7 nitrogen and oxygen atoms in total. The zero-order valence-electron chi connectivity index (χ0n) is 16.7. The van der Waals surface area contributed by atoms with Crippen molar-refractivity contribution in [2.24, 2.45) is 5.73 Å². The van der Waals surface area contributed by atoms with Crippen LogP contribution < -0.4 is 21.1 Å². The van der Waals surface area contributed by atoms with E-state index < -0.39 is 0 Å². The summed E-state index contributed by atoms with van der Waals surface area (Å²) in [5, 5.41) is 0. The van der Waals surface area contributed by atoms with Crippen LogP contribution in [0.15, 0.2) is 30.3 Å². The standard InChI is InChI=1S/C20H28N6O.2ClH/c1-27-17-4-2-3-14(9-17)13-25-5-7-26(8-6-25)19-12-18(23-20(22)24-19)15-10-16(21)11-15;;/h2-4,9,12,15-16H,5-8,10-11,13,21H2,1H3,(H2,22,23,24);2*1H. The van der Waals surface area contributed by atoms with Gasteiger partial charge >= 0.3 is 0 Å². The Bertz CT molecular complexity index is 794. The molecule has 0 spiro atoms. The van der Waals surface area contributed by atoms with Gasteiger partial charge in [0.05, 0.1) is 12.8 Å². The van der Waals surface area contributed by atoms with Gasteiger partial charge in [-0.05, 0) is 30.5 Å². The Morgan fingerprint density at radius 3 is 2.45 bits per heavy atom. The van der Waals surface area contributed by atoms with Crippen molar-refractivity contribution >= 4 is 36.6 Å². The minimum Gasteiger partial charge on any atom is -0.497 e. The number of rotatable bonds is 5. The molecule has 4 rings (SSSR count). The number of anilines is 2. The maximum Gasteiger partial charge on any atom is 0.222 e. The first-order valence-electron chi connectivity index (χ1n) is 9.61. The number of hydrogen-bond acceptors (Lipinski definition) is 7. The Hall–Kier alpha value is -1.80. The number of methoxy groups -OCH3 is 1. The molecule has 0 atom stereocenters. The molecule has 160 valence electrons. The SMILES string of the molecule is COc1cccc(CN2CCN(c3cc(C4CC(N)C4)nc(N)n3)CC2)c1.Cl.Cl. The molecule has 0 amide bonds. The molecular formula is C20H30Cl2N6O. The molecule has 1 aliphatic carbocycles. The van der Waals surface area contributed by atoms with Crippen molar-refractivity contribution in [1.82, 2.24) is 14.9 Å². The van der Waals surface area contributed by atoms with Crippen LogP contribution in [0, 0.1) is 0 Å². The summed E-state index contributed by atoms with van der Waals surface area (Å²) >= 11 is 0. The van der Waals surface area contributed by atoms with Crippen LogP contribution in [-0.4, -0.2) is 54.2 Å². The van der Waals surface area contributed by atoms with Crippen LogP contribution in [0.1, 0.15) is 30.0 Å². The first-order valence-corrected chi connectivity index (χ1v) is 9.61.